The zero-order valence-electron chi connectivity index (χ0n) is 21.6. The molecule has 1 unspecified atom stereocenters. The first-order valence-corrected chi connectivity index (χ1v) is 15.0. The van der Waals surface area contributed by atoms with Gasteiger partial charge in [0.1, 0.15) is 24.4 Å². The lowest BCUT2D eigenvalue weighted by molar-refractivity contribution is -0.300. The van der Waals surface area contributed by atoms with Crippen molar-refractivity contribution in [3.8, 4) is 0 Å². The molecule has 212 valence electrons. The first-order chi connectivity index (χ1) is 17.2. The molecule has 0 spiro atoms. The Morgan fingerprint density at radius 1 is 0.833 bits per heavy atom. The van der Waals surface area contributed by atoms with Gasteiger partial charge in [-0.3, -0.25) is 4.52 Å². The van der Waals surface area contributed by atoms with Gasteiger partial charge in [0.2, 0.25) is 0 Å². The van der Waals surface area contributed by atoms with Crippen molar-refractivity contribution in [1.82, 2.24) is 0 Å². The van der Waals surface area contributed by atoms with E-state index in [9.17, 15) is 29.6 Å². The smallest absolute Gasteiger partial charge is 0.435 e. The Morgan fingerprint density at radius 3 is 1.92 bits per heavy atom. The molecule has 1 aliphatic rings. The molecule has 1 heterocycles. The second-order valence-electron chi connectivity index (χ2n) is 9.42. The van der Waals surface area contributed by atoms with Gasteiger partial charge in [-0.05, 0) is 32.1 Å². The van der Waals surface area contributed by atoms with Crippen LogP contribution in [-0.4, -0.2) is 74.9 Å². The molecular weight excluding hydrogens is 491 g/mol. The highest BCUT2D eigenvalue weighted by Gasteiger charge is 2.45. The molecule has 11 heteroatoms. The van der Waals surface area contributed by atoms with Crippen LogP contribution >= 0.6 is 7.60 Å². The average molecular weight is 539 g/mol. The molecule has 0 aliphatic carbocycles. The molecule has 1 saturated heterocycles. The third kappa shape index (κ3) is 13.6. The van der Waals surface area contributed by atoms with Crippen LogP contribution in [0.2, 0.25) is 0 Å². The molecule has 1 rings (SSSR count). The van der Waals surface area contributed by atoms with Gasteiger partial charge in [0.05, 0.1) is 6.61 Å². The van der Waals surface area contributed by atoms with E-state index in [0.29, 0.717) is 0 Å². The molecule has 6 atom stereocenters. The minimum atomic E-state index is -4.93. The summed E-state index contributed by atoms with van der Waals surface area (Å²) in [6.07, 6.45) is 13.6. The fourth-order valence-electron chi connectivity index (χ4n) is 3.97. The molecule has 0 aromatic heterocycles. The van der Waals surface area contributed by atoms with Crippen LogP contribution in [0.5, 0.6) is 0 Å². The molecule has 0 amide bonds. The molecule has 1 aliphatic heterocycles. The Labute approximate surface area is 215 Å². The molecular formula is C25H47O10P. The summed E-state index contributed by atoms with van der Waals surface area (Å²) in [5.74, 6) is 0. The minimum Gasteiger partial charge on any atom is -0.472 e. The zero-order valence-corrected chi connectivity index (χ0v) is 22.5. The van der Waals surface area contributed by atoms with Crippen molar-refractivity contribution in [2.24, 2.45) is 0 Å². The van der Waals surface area contributed by atoms with Gasteiger partial charge in [-0.2, -0.15) is 0 Å². The summed E-state index contributed by atoms with van der Waals surface area (Å²) in [5.41, 5.74) is -2.04. The van der Waals surface area contributed by atoms with E-state index < -0.39 is 50.6 Å². The van der Waals surface area contributed by atoms with Crippen molar-refractivity contribution in [2.45, 2.75) is 128 Å². The number of ether oxygens (including phenoxy) is 2. The number of carboxylic acid groups (broad SMARTS) is 1. The van der Waals surface area contributed by atoms with E-state index in [1.165, 1.54) is 57.8 Å². The summed E-state index contributed by atoms with van der Waals surface area (Å²) >= 11 is 0. The van der Waals surface area contributed by atoms with E-state index >= 15 is 0 Å². The van der Waals surface area contributed by atoms with E-state index in [1.807, 2.05) is 0 Å². The highest BCUT2D eigenvalue weighted by molar-refractivity contribution is 7.70. The van der Waals surface area contributed by atoms with Crippen LogP contribution in [0.4, 0.5) is 4.79 Å². The number of aliphatic hydroxyl groups excluding tert-OH is 3. The second-order valence-corrected chi connectivity index (χ2v) is 11.1. The summed E-state index contributed by atoms with van der Waals surface area (Å²) < 4.78 is 26.7. The van der Waals surface area contributed by atoms with Gasteiger partial charge in [-0.25, -0.2) is 9.36 Å². The van der Waals surface area contributed by atoms with E-state index in [1.54, 1.807) is 0 Å². The summed E-state index contributed by atoms with van der Waals surface area (Å²) in [6, 6.07) is 0. The summed E-state index contributed by atoms with van der Waals surface area (Å²) in [4.78, 5) is 19.9. The average Bonchev–Trinajstić information content (AvgIpc) is 2.85. The van der Waals surface area contributed by atoms with Crippen LogP contribution in [0.3, 0.4) is 0 Å². The van der Waals surface area contributed by atoms with E-state index in [-0.39, 0.29) is 6.61 Å². The predicted molar refractivity (Wildman–Crippen MR) is 136 cm³/mol. The molecule has 0 bridgehead atoms. The van der Waals surface area contributed by atoms with E-state index in [4.69, 9.17) is 14.6 Å². The largest absolute Gasteiger partial charge is 0.472 e. The lowest BCUT2D eigenvalue weighted by Crippen LogP contribution is -2.59. The molecule has 5 N–H and O–H groups in total. The van der Waals surface area contributed by atoms with Crippen LogP contribution in [0.15, 0.2) is 12.2 Å². The number of allylic oxidation sites excluding steroid dienone is 2. The Hall–Kier alpha value is -0.840. The van der Waals surface area contributed by atoms with Crippen LogP contribution < -0.4 is 0 Å². The van der Waals surface area contributed by atoms with Crippen molar-refractivity contribution in [1.29, 1.82) is 0 Å². The van der Waals surface area contributed by atoms with Crippen LogP contribution in [0, 0.1) is 0 Å². The maximum absolute atomic E-state index is 11.4. The number of aliphatic hydroxyl groups is 3. The van der Waals surface area contributed by atoms with E-state index in [2.05, 4.69) is 23.6 Å². The highest BCUT2D eigenvalue weighted by atomic mass is 31.2. The standard InChI is InChI=1S/C25H47O10P/c1-2-3-4-5-6-7-8-9-10-11-12-13-14-15-16-17-18-33-24-23(28)22(27)21(26)20(35-24)19-34-36(31,32)25(29)30/h9-10,20-24,26-28H,2-8,11-19H2,1H3,(H,29,30)(H,31,32)/b10-9+/t20-,21-,22+,23-,24+/m1/s1. The second kappa shape index (κ2) is 19.3. The normalized spacial score (nSPS) is 26.3. The predicted octanol–water partition coefficient (Wildman–Crippen LogP) is 4.73. The SMILES string of the molecule is CCCCCCCC/C=C/CCCCCCCCO[C@H]1O[C@H](COP(=O)(O)C(=O)O)[C@@H](O)[C@H](O)[C@H]1O. The van der Waals surface area contributed by atoms with Crippen molar-refractivity contribution >= 4 is 13.3 Å². The maximum Gasteiger partial charge on any atom is 0.435 e. The molecule has 36 heavy (non-hydrogen) atoms. The highest BCUT2D eigenvalue weighted by Crippen LogP contribution is 2.43. The summed E-state index contributed by atoms with van der Waals surface area (Å²) in [6.45, 7) is 1.73. The quantitative estimate of drug-likeness (QED) is 0.0784. The fraction of sp³-hybridized carbons (Fsp3) is 0.880. The number of hydrogen-bond donors (Lipinski definition) is 5. The van der Waals surface area contributed by atoms with Crippen molar-refractivity contribution < 1.29 is 48.7 Å². The first kappa shape index (κ1) is 33.2. The zero-order chi connectivity index (χ0) is 26.8. The van der Waals surface area contributed by atoms with Crippen molar-refractivity contribution in [2.75, 3.05) is 13.2 Å². The number of carbonyl (C=O) groups is 1. The van der Waals surface area contributed by atoms with Crippen LogP contribution in [-0.2, 0) is 18.6 Å². The molecule has 0 saturated carbocycles. The number of rotatable bonds is 21. The Kier molecular flexibility index (Phi) is 17.8. The third-order valence-electron chi connectivity index (χ3n) is 6.26. The first-order valence-electron chi connectivity index (χ1n) is 13.4. The Bertz CT molecular complexity index is 659. The van der Waals surface area contributed by atoms with Gasteiger partial charge in [0.15, 0.2) is 6.29 Å². The van der Waals surface area contributed by atoms with Gasteiger partial charge < -0.3 is 34.8 Å². The molecule has 10 nitrogen and oxygen atoms in total. The fourth-order valence-corrected chi connectivity index (χ4v) is 4.43. The van der Waals surface area contributed by atoms with Gasteiger partial charge in [0, 0.05) is 6.61 Å². The lowest BCUT2D eigenvalue weighted by atomic mass is 9.99. The minimum absolute atomic E-state index is 0.257. The molecule has 0 radical (unpaired) electrons. The van der Waals surface area contributed by atoms with Gasteiger partial charge in [-0.1, -0.05) is 76.9 Å². The Morgan fingerprint density at radius 2 is 1.36 bits per heavy atom. The van der Waals surface area contributed by atoms with Crippen LogP contribution in [0.1, 0.15) is 96.8 Å². The molecule has 1 fully saturated rings. The van der Waals surface area contributed by atoms with Gasteiger partial charge >= 0.3 is 13.3 Å². The van der Waals surface area contributed by atoms with Crippen molar-refractivity contribution in [3.05, 3.63) is 12.2 Å². The molecule has 0 aromatic carbocycles. The van der Waals surface area contributed by atoms with E-state index in [0.717, 1.165) is 32.1 Å². The third-order valence-corrected chi connectivity index (χ3v) is 7.24. The number of hydrogen-bond acceptors (Lipinski definition) is 8. The topological polar surface area (TPSA) is 163 Å². The summed E-state index contributed by atoms with van der Waals surface area (Å²) in [7, 11) is -4.93. The monoisotopic (exact) mass is 538 g/mol. The summed E-state index contributed by atoms with van der Waals surface area (Å²) in [5, 5.41) is 38.7. The maximum atomic E-state index is 11.4. The lowest BCUT2D eigenvalue weighted by Gasteiger charge is -2.40. The van der Waals surface area contributed by atoms with Gasteiger partial charge in [0.25, 0.3) is 0 Å². The number of unbranched alkanes of at least 4 members (excludes halogenated alkanes) is 12. The molecule has 0 aromatic rings. The Balaban J connectivity index is 2.10. The van der Waals surface area contributed by atoms with Crippen molar-refractivity contribution in [3.63, 3.8) is 0 Å². The van der Waals surface area contributed by atoms with Crippen LogP contribution in [0.25, 0.3) is 0 Å². The van der Waals surface area contributed by atoms with Gasteiger partial charge in [-0.15, -0.1) is 0 Å².